The molecule has 1 N–H and O–H groups in total. The Morgan fingerprint density at radius 3 is 2.60 bits per heavy atom. The van der Waals surface area contributed by atoms with E-state index >= 15 is 0 Å². The van der Waals surface area contributed by atoms with E-state index in [-0.39, 0.29) is 0 Å². The molecule has 2 nitrogen and oxygen atoms in total. The third-order valence-corrected chi connectivity index (χ3v) is 2.94. The van der Waals surface area contributed by atoms with Crippen LogP contribution >= 0.6 is 0 Å². The van der Waals surface area contributed by atoms with Crippen LogP contribution in [-0.2, 0) is 0 Å². The molecular weight excluding hydrogens is 186 g/mol. The SMILES string of the molecule is CCOc1ccc([C@H]2C[C@@H](C)CN2)cc1. The van der Waals surface area contributed by atoms with E-state index in [2.05, 4.69) is 36.5 Å². The number of rotatable bonds is 3. The summed E-state index contributed by atoms with van der Waals surface area (Å²) in [4.78, 5) is 0. The van der Waals surface area contributed by atoms with Crippen LogP contribution in [0.1, 0.15) is 31.9 Å². The molecule has 2 rings (SSSR count). The maximum absolute atomic E-state index is 5.42. The van der Waals surface area contributed by atoms with Crippen LogP contribution in [0, 0.1) is 5.92 Å². The Balaban J connectivity index is 2.03. The van der Waals surface area contributed by atoms with Gasteiger partial charge in [0.05, 0.1) is 6.61 Å². The number of hydrogen-bond donors (Lipinski definition) is 1. The highest BCUT2D eigenvalue weighted by Crippen LogP contribution is 2.27. The summed E-state index contributed by atoms with van der Waals surface area (Å²) in [5.74, 6) is 1.76. The summed E-state index contributed by atoms with van der Waals surface area (Å²) >= 11 is 0. The zero-order valence-electron chi connectivity index (χ0n) is 9.49. The van der Waals surface area contributed by atoms with E-state index in [1.165, 1.54) is 12.0 Å². The number of ether oxygens (including phenoxy) is 1. The smallest absolute Gasteiger partial charge is 0.119 e. The molecule has 1 aliphatic rings. The Kier molecular flexibility index (Phi) is 3.27. The molecule has 0 unspecified atom stereocenters. The van der Waals surface area contributed by atoms with Crippen molar-refractivity contribution in [1.82, 2.24) is 5.32 Å². The minimum atomic E-state index is 0.538. The maximum atomic E-state index is 5.42. The zero-order chi connectivity index (χ0) is 10.7. The van der Waals surface area contributed by atoms with Gasteiger partial charge in [-0.15, -0.1) is 0 Å². The van der Waals surface area contributed by atoms with Gasteiger partial charge in [0.25, 0.3) is 0 Å². The monoisotopic (exact) mass is 205 g/mol. The van der Waals surface area contributed by atoms with Crippen molar-refractivity contribution in [2.75, 3.05) is 13.2 Å². The summed E-state index contributed by atoms with van der Waals surface area (Å²) in [6.45, 7) is 6.17. The predicted octanol–water partition coefficient (Wildman–Crippen LogP) is 2.76. The van der Waals surface area contributed by atoms with Gasteiger partial charge in [-0.25, -0.2) is 0 Å². The van der Waals surface area contributed by atoms with Crippen molar-refractivity contribution in [3.8, 4) is 5.75 Å². The van der Waals surface area contributed by atoms with Crippen molar-refractivity contribution < 1.29 is 4.74 Å². The summed E-state index contributed by atoms with van der Waals surface area (Å²) in [5.41, 5.74) is 1.38. The van der Waals surface area contributed by atoms with Crippen LogP contribution in [0.25, 0.3) is 0 Å². The molecule has 0 spiro atoms. The van der Waals surface area contributed by atoms with Crippen molar-refractivity contribution >= 4 is 0 Å². The Hall–Kier alpha value is -1.02. The van der Waals surface area contributed by atoms with Crippen LogP contribution in [-0.4, -0.2) is 13.2 Å². The predicted molar refractivity (Wildman–Crippen MR) is 62.1 cm³/mol. The van der Waals surface area contributed by atoms with Gasteiger partial charge in [0.2, 0.25) is 0 Å². The molecule has 0 aliphatic carbocycles. The first-order chi connectivity index (χ1) is 7.29. The van der Waals surface area contributed by atoms with Gasteiger partial charge in [0.1, 0.15) is 5.75 Å². The fourth-order valence-corrected chi connectivity index (χ4v) is 2.13. The van der Waals surface area contributed by atoms with Crippen molar-refractivity contribution in [2.45, 2.75) is 26.3 Å². The van der Waals surface area contributed by atoms with Crippen LogP contribution in [0.2, 0.25) is 0 Å². The van der Waals surface area contributed by atoms with Gasteiger partial charge in [-0.3, -0.25) is 0 Å². The third kappa shape index (κ3) is 2.51. The summed E-state index contributed by atoms with van der Waals surface area (Å²) in [6.07, 6.45) is 1.24. The lowest BCUT2D eigenvalue weighted by Crippen LogP contribution is -2.13. The second-order valence-electron chi connectivity index (χ2n) is 4.30. The maximum Gasteiger partial charge on any atom is 0.119 e. The van der Waals surface area contributed by atoms with Crippen LogP contribution in [0.3, 0.4) is 0 Å². The first-order valence-corrected chi connectivity index (χ1v) is 5.75. The van der Waals surface area contributed by atoms with Gasteiger partial charge in [0.15, 0.2) is 0 Å². The van der Waals surface area contributed by atoms with Crippen molar-refractivity contribution in [1.29, 1.82) is 0 Å². The molecule has 0 saturated carbocycles. The molecule has 0 bridgehead atoms. The molecule has 1 aromatic rings. The van der Waals surface area contributed by atoms with Gasteiger partial charge in [-0.1, -0.05) is 19.1 Å². The van der Waals surface area contributed by atoms with E-state index < -0.39 is 0 Å². The van der Waals surface area contributed by atoms with Crippen molar-refractivity contribution in [3.05, 3.63) is 29.8 Å². The second-order valence-corrected chi connectivity index (χ2v) is 4.30. The Bertz CT molecular complexity index is 307. The van der Waals surface area contributed by atoms with Crippen LogP contribution in [0.5, 0.6) is 5.75 Å². The summed E-state index contributed by atoms with van der Waals surface area (Å²) in [7, 11) is 0. The zero-order valence-corrected chi connectivity index (χ0v) is 9.49. The Morgan fingerprint density at radius 1 is 1.33 bits per heavy atom. The van der Waals surface area contributed by atoms with E-state index in [1.807, 2.05) is 6.92 Å². The lowest BCUT2D eigenvalue weighted by atomic mass is 10.0. The molecule has 1 heterocycles. The molecule has 0 aromatic heterocycles. The first-order valence-electron chi connectivity index (χ1n) is 5.75. The van der Waals surface area contributed by atoms with Crippen molar-refractivity contribution in [3.63, 3.8) is 0 Å². The average molecular weight is 205 g/mol. The molecule has 2 heteroatoms. The minimum Gasteiger partial charge on any atom is -0.494 e. The molecule has 1 aromatic carbocycles. The molecule has 1 saturated heterocycles. The Morgan fingerprint density at radius 2 is 2.07 bits per heavy atom. The normalized spacial score (nSPS) is 25.5. The van der Waals surface area contributed by atoms with E-state index in [9.17, 15) is 0 Å². The fourth-order valence-electron chi connectivity index (χ4n) is 2.13. The molecule has 15 heavy (non-hydrogen) atoms. The lowest BCUT2D eigenvalue weighted by Gasteiger charge is -2.11. The van der Waals surface area contributed by atoms with E-state index in [0.29, 0.717) is 6.04 Å². The Labute approximate surface area is 91.6 Å². The van der Waals surface area contributed by atoms with Gasteiger partial charge in [-0.05, 0) is 43.5 Å². The van der Waals surface area contributed by atoms with Gasteiger partial charge in [-0.2, -0.15) is 0 Å². The summed E-state index contributed by atoms with van der Waals surface area (Å²) in [6, 6.07) is 8.99. The van der Waals surface area contributed by atoms with Crippen molar-refractivity contribution in [2.24, 2.45) is 5.92 Å². The third-order valence-electron chi connectivity index (χ3n) is 2.94. The number of hydrogen-bond acceptors (Lipinski definition) is 2. The van der Waals surface area contributed by atoms with Crippen LogP contribution in [0.4, 0.5) is 0 Å². The molecule has 0 amide bonds. The van der Waals surface area contributed by atoms with E-state index in [4.69, 9.17) is 4.74 Å². The van der Waals surface area contributed by atoms with Gasteiger partial charge in [0, 0.05) is 6.04 Å². The highest BCUT2D eigenvalue weighted by Gasteiger charge is 2.21. The fraction of sp³-hybridized carbons (Fsp3) is 0.538. The standard InChI is InChI=1S/C13H19NO/c1-3-15-12-6-4-11(5-7-12)13-8-10(2)9-14-13/h4-7,10,13-14H,3,8-9H2,1-2H3/t10-,13-/m1/s1. The quantitative estimate of drug-likeness (QED) is 0.819. The molecule has 82 valence electrons. The summed E-state index contributed by atoms with van der Waals surface area (Å²) in [5, 5.41) is 3.53. The number of nitrogens with one attached hydrogen (secondary N) is 1. The molecule has 0 radical (unpaired) electrons. The highest BCUT2D eigenvalue weighted by atomic mass is 16.5. The second kappa shape index (κ2) is 4.67. The van der Waals surface area contributed by atoms with E-state index in [1.54, 1.807) is 0 Å². The lowest BCUT2D eigenvalue weighted by molar-refractivity contribution is 0.340. The molecule has 2 atom stereocenters. The average Bonchev–Trinajstić information content (AvgIpc) is 2.67. The first kappa shape index (κ1) is 10.5. The number of benzene rings is 1. The van der Waals surface area contributed by atoms with Crippen LogP contribution < -0.4 is 10.1 Å². The molecule has 1 fully saturated rings. The highest BCUT2D eigenvalue weighted by molar-refractivity contribution is 5.29. The summed E-state index contributed by atoms with van der Waals surface area (Å²) < 4.78 is 5.42. The van der Waals surface area contributed by atoms with Gasteiger partial charge >= 0.3 is 0 Å². The molecule has 1 aliphatic heterocycles. The van der Waals surface area contributed by atoms with E-state index in [0.717, 1.165) is 24.8 Å². The molecular formula is C13H19NO. The van der Waals surface area contributed by atoms with Gasteiger partial charge < -0.3 is 10.1 Å². The largest absolute Gasteiger partial charge is 0.494 e. The topological polar surface area (TPSA) is 21.3 Å². The van der Waals surface area contributed by atoms with Crippen LogP contribution in [0.15, 0.2) is 24.3 Å². The minimum absolute atomic E-state index is 0.538.